The van der Waals surface area contributed by atoms with E-state index in [4.69, 9.17) is 0 Å². The highest BCUT2D eigenvalue weighted by atomic mass is 14.4. The third kappa shape index (κ3) is 11.5. The first-order chi connectivity index (χ1) is 11.2. The Morgan fingerprint density at radius 3 is 1.42 bits per heavy atom. The van der Waals surface area contributed by atoms with Crippen molar-refractivity contribution < 1.29 is 0 Å². The average molecular weight is 341 g/mol. The van der Waals surface area contributed by atoms with Crippen molar-refractivity contribution >= 4 is 0 Å². The Kier molecular flexibility index (Phi) is 15.5. The molecule has 2 fully saturated rings. The fourth-order valence-electron chi connectivity index (χ4n) is 3.37. The summed E-state index contributed by atoms with van der Waals surface area (Å²) in [4.78, 5) is 0. The van der Waals surface area contributed by atoms with Crippen molar-refractivity contribution in [2.45, 2.75) is 121 Å². The lowest BCUT2D eigenvalue weighted by atomic mass is 9.69. The zero-order valence-corrected chi connectivity index (χ0v) is 19.3. The molecule has 24 heavy (non-hydrogen) atoms. The summed E-state index contributed by atoms with van der Waals surface area (Å²) in [6.07, 6.45) is 10.1. The molecule has 0 spiro atoms. The molecule has 0 aromatic carbocycles. The highest BCUT2D eigenvalue weighted by Gasteiger charge is 2.38. The third-order valence-corrected chi connectivity index (χ3v) is 6.04. The summed E-state index contributed by atoms with van der Waals surface area (Å²) < 4.78 is 0. The molecule has 1 atom stereocenters. The van der Waals surface area contributed by atoms with Crippen molar-refractivity contribution in [2.24, 2.45) is 35.0 Å². The summed E-state index contributed by atoms with van der Waals surface area (Å²) in [5.41, 5.74) is 0.694. The minimum Gasteiger partial charge on any atom is -0.0683 e. The van der Waals surface area contributed by atoms with Gasteiger partial charge >= 0.3 is 0 Å². The molecule has 1 unspecified atom stereocenters. The smallest absolute Gasteiger partial charge is 0.0303 e. The van der Waals surface area contributed by atoms with Crippen molar-refractivity contribution in [3.63, 3.8) is 0 Å². The fraction of sp³-hybridized carbons (Fsp3) is 1.00. The van der Waals surface area contributed by atoms with E-state index < -0.39 is 0 Å². The van der Waals surface area contributed by atoms with E-state index in [2.05, 4.69) is 62.3 Å². The van der Waals surface area contributed by atoms with E-state index in [0.29, 0.717) is 5.41 Å². The highest BCUT2D eigenvalue weighted by molar-refractivity contribution is 4.88. The second kappa shape index (κ2) is 14.2. The predicted molar refractivity (Wildman–Crippen MR) is 115 cm³/mol. The van der Waals surface area contributed by atoms with E-state index in [1.54, 1.807) is 0 Å². The molecule has 0 aromatic heterocycles. The summed E-state index contributed by atoms with van der Waals surface area (Å²) in [7, 11) is 0. The van der Waals surface area contributed by atoms with E-state index in [9.17, 15) is 0 Å². The number of hydrogen-bond acceptors (Lipinski definition) is 0. The lowest BCUT2D eigenvalue weighted by Crippen LogP contribution is -2.26. The Labute approximate surface area is 156 Å². The summed E-state index contributed by atoms with van der Waals surface area (Å²) in [6, 6.07) is 0. The minimum atomic E-state index is 0.694. The van der Waals surface area contributed by atoms with Gasteiger partial charge in [0, 0.05) is 0 Å². The SMILES string of the molecule is CC.CC(C)C.CCC(C)(CC)C1CC1.CCC(C)C1CC(C)C1. The maximum atomic E-state index is 2.44. The molecule has 0 radical (unpaired) electrons. The van der Waals surface area contributed by atoms with Crippen LogP contribution in [0.2, 0.25) is 0 Å². The van der Waals surface area contributed by atoms with Crippen LogP contribution >= 0.6 is 0 Å². The van der Waals surface area contributed by atoms with Crippen LogP contribution < -0.4 is 0 Å². The normalized spacial score (nSPS) is 23.5. The maximum absolute atomic E-state index is 2.44. The predicted octanol–water partition coefficient (Wildman–Crippen LogP) is 8.99. The molecule has 0 nitrogen and oxygen atoms in total. The van der Waals surface area contributed by atoms with Crippen molar-refractivity contribution in [3.8, 4) is 0 Å². The van der Waals surface area contributed by atoms with Gasteiger partial charge in [-0.3, -0.25) is 0 Å². The Morgan fingerprint density at radius 1 is 0.875 bits per heavy atom. The summed E-state index contributed by atoms with van der Waals surface area (Å²) in [5.74, 6) is 5.00. The van der Waals surface area contributed by atoms with Crippen LogP contribution in [0.1, 0.15) is 121 Å². The van der Waals surface area contributed by atoms with Crippen LogP contribution in [0, 0.1) is 35.0 Å². The molecule has 2 aliphatic rings. The van der Waals surface area contributed by atoms with Gasteiger partial charge in [0.05, 0.1) is 0 Å². The van der Waals surface area contributed by atoms with Gasteiger partial charge < -0.3 is 0 Å². The van der Waals surface area contributed by atoms with Gasteiger partial charge in [0.25, 0.3) is 0 Å². The molecular formula is C24H52. The summed E-state index contributed by atoms with van der Waals surface area (Å²) >= 11 is 0. The van der Waals surface area contributed by atoms with Gasteiger partial charge in [-0.05, 0) is 60.7 Å². The Hall–Kier alpha value is 0. The monoisotopic (exact) mass is 340 g/mol. The molecule has 0 aromatic rings. The standard InChI is InChI=1S/2C9H18.C4H10.C2H6/c1-4-8(3)9-5-7(2)6-9;1-4-9(3,5-2)8-6-7-8;1-4(2)3;1-2/h7-9H,4-6H2,1-3H3;8H,4-7H2,1-3H3;4H,1-3H3;1-2H3. The minimum absolute atomic E-state index is 0.694. The van der Waals surface area contributed by atoms with Crippen LogP contribution in [0.15, 0.2) is 0 Å². The average Bonchev–Trinajstić information content (AvgIpc) is 3.38. The van der Waals surface area contributed by atoms with Crippen LogP contribution in [-0.4, -0.2) is 0 Å². The molecule has 0 heteroatoms. The number of hydrogen-bond donors (Lipinski definition) is 0. The van der Waals surface area contributed by atoms with Crippen LogP contribution in [0.25, 0.3) is 0 Å². The molecule has 0 N–H and O–H groups in total. The third-order valence-electron chi connectivity index (χ3n) is 6.04. The van der Waals surface area contributed by atoms with E-state index in [0.717, 1.165) is 29.6 Å². The van der Waals surface area contributed by atoms with Gasteiger partial charge in [-0.15, -0.1) is 0 Å². The van der Waals surface area contributed by atoms with E-state index >= 15 is 0 Å². The molecule has 0 saturated heterocycles. The van der Waals surface area contributed by atoms with Gasteiger partial charge in [0.2, 0.25) is 0 Å². The number of rotatable bonds is 5. The summed E-state index contributed by atoms with van der Waals surface area (Å²) in [6.45, 7) is 24.6. The van der Waals surface area contributed by atoms with Crippen LogP contribution in [0.4, 0.5) is 0 Å². The van der Waals surface area contributed by atoms with E-state index in [-0.39, 0.29) is 0 Å². The van der Waals surface area contributed by atoms with E-state index in [1.807, 2.05) is 13.8 Å². The van der Waals surface area contributed by atoms with Gasteiger partial charge in [-0.1, -0.05) is 95.4 Å². The quantitative estimate of drug-likeness (QED) is 0.468. The largest absolute Gasteiger partial charge is 0.0683 e. The molecule has 0 heterocycles. The molecule has 0 bridgehead atoms. The first kappa shape index (κ1) is 26.2. The molecular weight excluding hydrogens is 288 g/mol. The zero-order chi connectivity index (χ0) is 19.3. The van der Waals surface area contributed by atoms with Gasteiger partial charge in [0.15, 0.2) is 0 Å². The molecule has 2 saturated carbocycles. The van der Waals surface area contributed by atoms with Crippen LogP contribution in [0.5, 0.6) is 0 Å². The van der Waals surface area contributed by atoms with Crippen molar-refractivity contribution in [1.82, 2.24) is 0 Å². The zero-order valence-electron chi connectivity index (χ0n) is 19.3. The molecule has 148 valence electrons. The maximum Gasteiger partial charge on any atom is -0.0303 e. The Morgan fingerprint density at radius 2 is 1.25 bits per heavy atom. The van der Waals surface area contributed by atoms with Crippen LogP contribution in [0.3, 0.4) is 0 Å². The second-order valence-electron chi connectivity index (χ2n) is 9.09. The van der Waals surface area contributed by atoms with Gasteiger partial charge in [-0.25, -0.2) is 0 Å². The molecule has 2 aliphatic carbocycles. The van der Waals surface area contributed by atoms with E-state index in [1.165, 1.54) is 44.9 Å². The van der Waals surface area contributed by atoms with Crippen molar-refractivity contribution in [2.75, 3.05) is 0 Å². The Balaban J connectivity index is 0. The first-order valence-corrected chi connectivity index (χ1v) is 11.2. The molecule has 0 amide bonds. The molecule has 0 aliphatic heterocycles. The second-order valence-corrected chi connectivity index (χ2v) is 9.09. The Bertz CT molecular complexity index is 248. The van der Waals surface area contributed by atoms with Crippen molar-refractivity contribution in [1.29, 1.82) is 0 Å². The lowest BCUT2D eigenvalue weighted by molar-refractivity contribution is 0.144. The molecule has 2 rings (SSSR count). The van der Waals surface area contributed by atoms with Crippen molar-refractivity contribution in [3.05, 3.63) is 0 Å². The van der Waals surface area contributed by atoms with Gasteiger partial charge in [0.1, 0.15) is 0 Å². The van der Waals surface area contributed by atoms with Gasteiger partial charge in [-0.2, -0.15) is 0 Å². The fourth-order valence-corrected chi connectivity index (χ4v) is 3.37. The topological polar surface area (TPSA) is 0 Å². The highest BCUT2D eigenvalue weighted by Crippen LogP contribution is 2.49. The summed E-state index contributed by atoms with van der Waals surface area (Å²) in [5, 5.41) is 0. The lowest BCUT2D eigenvalue weighted by Gasteiger charge is -2.36. The van der Waals surface area contributed by atoms with Crippen LogP contribution in [-0.2, 0) is 0 Å². The first-order valence-electron chi connectivity index (χ1n) is 11.2.